The Labute approximate surface area is 94.8 Å². The normalized spacial score (nSPS) is 9.77. The fraction of sp³-hybridized carbons (Fsp3) is 0.125. The first-order valence-corrected chi connectivity index (χ1v) is 5.01. The van der Waals surface area contributed by atoms with Crippen molar-refractivity contribution in [3.8, 4) is 0 Å². The van der Waals surface area contributed by atoms with Gasteiger partial charge in [0.2, 0.25) is 0 Å². The molecule has 0 heterocycles. The van der Waals surface area contributed by atoms with Crippen LogP contribution in [0.15, 0.2) is 12.1 Å². The van der Waals surface area contributed by atoms with Gasteiger partial charge >= 0.3 is 0 Å². The number of nitrogens with two attached hydrogens (primary N) is 1. The first-order chi connectivity index (χ1) is 6.00. The van der Waals surface area contributed by atoms with Crippen molar-refractivity contribution in [2.24, 2.45) is 5.73 Å². The Morgan fingerprint density at radius 1 is 1.62 bits per heavy atom. The van der Waals surface area contributed by atoms with Crippen LogP contribution in [0.1, 0.15) is 5.56 Å². The minimum absolute atomic E-state index is 0.0701. The van der Waals surface area contributed by atoms with Gasteiger partial charge in [0.15, 0.2) is 5.11 Å². The van der Waals surface area contributed by atoms with E-state index in [0.29, 0.717) is 5.69 Å². The van der Waals surface area contributed by atoms with Crippen LogP contribution in [0.5, 0.6) is 0 Å². The van der Waals surface area contributed by atoms with Gasteiger partial charge in [-0.1, -0.05) is 0 Å². The molecule has 0 aliphatic heterocycles. The first-order valence-electron chi connectivity index (χ1n) is 3.53. The predicted molar refractivity (Wildman–Crippen MR) is 64.3 cm³/mol. The maximum atomic E-state index is 13.3. The summed E-state index contributed by atoms with van der Waals surface area (Å²) in [6.45, 7) is 1.83. The van der Waals surface area contributed by atoms with Crippen LogP contribution in [0.3, 0.4) is 0 Å². The third-order valence-corrected chi connectivity index (χ3v) is 2.39. The van der Waals surface area contributed by atoms with E-state index in [4.69, 9.17) is 5.73 Å². The van der Waals surface area contributed by atoms with Crippen LogP contribution < -0.4 is 11.1 Å². The fourth-order valence-electron chi connectivity index (χ4n) is 0.942. The Morgan fingerprint density at radius 3 is 2.69 bits per heavy atom. The van der Waals surface area contributed by atoms with Gasteiger partial charge in [0, 0.05) is 3.57 Å². The van der Waals surface area contributed by atoms with E-state index in [-0.39, 0.29) is 10.9 Å². The van der Waals surface area contributed by atoms with E-state index in [0.717, 1.165) is 9.13 Å². The molecule has 0 fully saturated rings. The van der Waals surface area contributed by atoms with Crippen LogP contribution in [-0.2, 0) is 0 Å². The maximum Gasteiger partial charge on any atom is 0.168 e. The van der Waals surface area contributed by atoms with Crippen LogP contribution in [-0.4, -0.2) is 5.11 Å². The number of thiocarbonyl (C=S) groups is 1. The Morgan fingerprint density at radius 2 is 2.23 bits per heavy atom. The van der Waals surface area contributed by atoms with Crippen molar-refractivity contribution in [1.29, 1.82) is 0 Å². The largest absolute Gasteiger partial charge is 0.376 e. The highest BCUT2D eigenvalue weighted by Gasteiger charge is 2.07. The van der Waals surface area contributed by atoms with Crippen LogP contribution >= 0.6 is 34.8 Å². The van der Waals surface area contributed by atoms with Crippen molar-refractivity contribution < 1.29 is 4.39 Å². The molecule has 5 heteroatoms. The molecule has 0 spiro atoms. The third-order valence-electron chi connectivity index (χ3n) is 1.43. The molecule has 70 valence electrons. The summed E-state index contributed by atoms with van der Waals surface area (Å²) in [6.07, 6.45) is 0. The second kappa shape index (κ2) is 4.19. The molecular formula is C8H8FIN2S. The number of hydrogen-bond acceptors (Lipinski definition) is 1. The number of aryl methyl sites for hydroxylation is 1. The monoisotopic (exact) mass is 310 g/mol. The molecule has 0 bridgehead atoms. The van der Waals surface area contributed by atoms with Crippen molar-refractivity contribution in [3.63, 3.8) is 0 Å². The fourth-order valence-corrected chi connectivity index (χ4v) is 1.93. The summed E-state index contributed by atoms with van der Waals surface area (Å²) in [6, 6.07) is 3.28. The van der Waals surface area contributed by atoms with Gasteiger partial charge in [-0.3, -0.25) is 0 Å². The van der Waals surface area contributed by atoms with E-state index in [1.165, 1.54) is 6.07 Å². The van der Waals surface area contributed by atoms with Crippen LogP contribution in [0.2, 0.25) is 0 Å². The second-order valence-corrected chi connectivity index (χ2v) is 4.19. The summed E-state index contributed by atoms with van der Waals surface area (Å²) in [4.78, 5) is 0. The molecule has 13 heavy (non-hydrogen) atoms. The highest BCUT2D eigenvalue weighted by molar-refractivity contribution is 14.1. The van der Waals surface area contributed by atoms with Crippen molar-refractivity contribution in [1.82, 2.24) is 0 Å². The maximum absolute atomic E-state index is 13.3. The minimum atomic E-state index is -0.336. The predicted octanol–water partition coefficient (Wildman–Crippen LogP) is 2.39. The topological polar surface area (TPSA) is 38.0 Å². The van der Waals surface area contributed by atoms with Crippen LogP contribution in [0.4, 0.5) is 10.1 Å². The molecule has 2 nitrogen and oxygen atoms in total. The van der Waals surface area contributed by atoms with E-state index in [1.54, 1.807) is 0 Å². The summed E-state index contributed by atoms with van der Waals surface area (Å²) in [7, 11) is 0. The van der Waals surface area contributed by atoms with Crippen molar-refractivity contribution in [2.45, 2.75) is 6.92 Å². The Hall–Kier alpha value is -0.430. The van der Waals surface area contributed by atoms with Gasteiger partial charge in [-0.05, 0) is 59.4 Å². The SMILES string of the molecule is Cc1cc(F)c(NC(N)=S)c(I)c1. The van der Waals surface area contributed by atoms with E-state index >= 15 is 0 Å². The van der Waals surface area contributed by atoms with Crippen molar-refractivity contribution >= 4 is 45.6 Å². The van der Waals surface area contributed by atoms with Crippen molar-refractivity contribution in [3.05, 3.63) is 27.1 Å². The zero-order chi connectivity index (χ0) is 10.0. The van der Waals surface area contributed by atoms with Gasteiger partial charge in [0.05, 0.1) is 5.69 Å². The van der Waals surface area contributed by atoms with Crippen LogP contribution in [0, 0.1) is 16.3 Å². The summed E-state index contributed by atoms with van der Waals surface area (Å²) in [5.41, 5.74) is 6.47. The highest BCUT2D eigenvalue weighted by atomic mass is 127. The van der Waals surface area contributed by atoms with Crippen molar-refractivity contribution in [2.75, 3.05) is 5.32 Å². The number of hydrogen-bond donors (Lipinski definition) is 2. The zero-order valence-electron chi connectivity index (χ0n) is 6.90. The Kier molecular flexibility index (Phi) is 3.43. The highest BCUT2D eigenvalue weighted by Crippen LogP contribution is 2.23. The Balaban J connectivity index is 3.13. The lowest BCUT2D eigenvalue weighted by atomic mass is 10.2. The molecule has 1 rings (SSSR count). The van der Waals surface area contributed by atoms with Gasteiger partial charge < -0.3 is 11.1 Å². The summed E-state index contributed by atoms with van der Waals surface area (Å²) in [5, 5.41) is 2.67. The molecule has 0 radical (unpaired) electrons. The van der Waals surface area contributed by atoms with Gasteiger partial charge in [-0.25, -0.2) is 4.39 Å². The average Bonchev–Trinajstić information content (AvgIpc) is 1.96. The van der Waals surface area contributed by atoms with Gasteiger partial charge in [-0.15, -0.1) is 0 Å². The number of nitrogens with one attached hydrogen (secondary N) is 1. The molecule has 0 saturated heterocycles. The van der Waals surface area contributed by atoms with Gasteiger partial charge in [0.25, 0.3) is 0 Å². The quantitative estimate of drug-likeness (QED) is 0.618. The van der Waals surface area contributed by atoms with Crippen LogP contribution in [0.25, 0.3) is 0 Å². The third kappa shape index (κ3) is 2.77. The molecule has 0 aliphatic rings. The molecule has 0 aromatic heterocycles. The molecule has 0 amide bonds. The number of benzene rings is 1. The standard InChI is InChI=1S/C8H8FIN2S/c1-4-2-5(9)7(6(10)3-4)12-8(11)13/h2-3H,1H3,(H3,11,12,13). The molecule has 0 saturated carbocycles. The molecule has 0 atom stereocenters. The zero-order valence-corrected chi connectivity index (χ0v) is 9.87. The molecular weight excluding hydrogens is 302 g/mol. The van der Waals surface area contributed by atoms with E-state index in [9.17, 15) is 4.39 Å². The smallest absolute Gasteiger partial charge is 0.168 e. The van der Waals surface area contributed by atoms with E-state index in [1.807, 2.05) is 35.6 Å². The molecule has 1 aromatic carbocycles. The molecule has 1 aromatic rings. The molecule has 3 N–H and O–H groups in total. The van der Waals surface area contributed by atoms with Gasteiger partial charge in [-0.2, -0.15) is 0 Å². The minimum Gasteiger partial charge on any atom is -0.376 e. The number of halogens is 2. The number of rotatable bonds is 1. The lowest BCUT2D eigenvalue weighted by Gasteiger charge is -2.08. The summed E-state index contributed by atoms with van der Waals surface area (Å²) in [5.74, 6) is -0.336. The van der Waals surface area contributed by atoms with Gasteiger partial charge in [0.1, 0.15) is 5.82 Å². The lowest BCUT2D eigenvalue weighted by Crippen LogP contribution is -2.20. The lowest BCUT2D eigenvalue weighted by molar-refractivity contribution is 0.630. The second-order valence-electron chi connectivity index (χ2n) is 2.59. The Bertz CT molecular complexity index is 331. The molecule has 0 unspecified atom stereocenters. The molecule has 0 aliphatic carbocycles. The first kappa shape index (κ1) is 10.6. The summed E-state index contributed by atoms with van der Waals surface area (Å²) < 4.78 is 14.1. The van der Waals surface area contributed by atoms with E-state index < -0.39 is 0 Å². The summed E-state index contributed by atoms with van der Waals surface area (Å²) >= 11 is 6.65. The average molecular weight is 310 g/mol. The van der Waals surface area contributed by atoms with E-state index in [2.05, 4.69) is 17.5 Å². The number of anilines is 1.